The van der Waals surface area contributed by atoms with Crippen molar-refractivity contribution >= 4 is 5.91 Å². The number of aryl methyl sites for hydroxylation is 1. The molecule has 18 heavy (non-hydrogen) atoms. The number of rotatable bonds is 3. The van der Waals surface area contributed by atoms with E-state index in [2.05, 4.69) is 0 Å². The summed E-state index contributed by atoms with van der Waals surface area (Å²) in [6.07, 6.45) is 6.59. The van der Waals surface area contributed by atoms with Crippen molar-refractivity contribution in [2.45, 2.75) is 39.0 Å². The SMILES string of the molecule is Cc1cccc(C(=O)N(C)CC2CCCCC2)c1. The molecule has 1 aromatic carbocycles. The van der Waals surface area contributed by atoms with E-state index in [0.717, 1.165) is 17.7 Å². The standard InChI is InChI=1S/C16H23NO/c1-13-7-6-10-15(11-13)16(18)17(2)12-14-8-4-3-5-9-14/h6-7,10-11,14H,3-5,8-9,12H2,1-2H3. The summed E-state index contributed by atoms with van der Waals surface area (Å²) in [6, 6.07) is 7.86. The van der Waals surface area contributed by atoms with Crippen LogP contribution in [0.4, 0.5) is 0 Å². The summed E-state index contributed by atoms with van der Waals surface area (Å²) in [5.41, 5.74) is 1.96. The monoisotopic (exact) mass is 245 g/mol. The van der Waals surface area contributed by atoms with Crippen molar-refractivity contribution in [3.63, 3.8) is 0 Å². The molecular formula is C16H23NO. The van der Waals surface area contributed by atoms with Crippen LogP contribution >= 0.6 is 0 Å². The molecule has 0 spiro atoms. The van der Waals surface area contributed by atoms with Gasteiger partial charge in [0.1, 0.15) is 0 Å². The molecule has 1 fully saturated rings. The highest BCUT2D eigenvalue weighted by molar-refractivity contribution is 5.94. The van der Waals surface area contributed by atoms with E-state index in [1.54, 1.807) is 0 Å². The minimum absolute atomic E-state index is 0.157. The first-order chi connectivity index (χ1) is 8.66. The highest BCUT2D eigenvalue weighted by atomic mass is 16.2. The number of benzene rings is 1. The molecule has 1 saturated carbocycles. The first-order valence-corrected chi connectivity index (χ1v) is 6.99. The van der Waals surface area contributed by atoms with Crippen LogP contribution in [0.15, 0.2) is 24.3 Å². The second kappa shape index (κ2) is 6.03. The summed E-state index contributed by atoms with van der Waals surface area (Å²) in [6.45, 7) is 2.94. The Morgan fingerprint density at radius 2 is 2.00 bits per heavy atom. The van der Waals surface area contributed by atoms with E-state index in [1.165, 1.54) is 32.1 Å². The molecule has 0 heterocycles. The molecule has 0 bridgehead atoms. The van der Waals surface area contributed by atoms with E-state index < -0.39 is 0 Å². The van der Waals surface area contributed by atoms with E-state index in [9.17, 15) is 4.79 Å². The summed E-state index contributed by atoms with van der Waals surface area (Å²) in [5.74, 6) is 0.863. The quantitative estimate of drug-likeness (QED) is 0.796. The molecule has 98 valence electrons. The van der Waals surface area contributed by atoms with Crippen molar-refractivity contribution < 1.29 is 4.79 Å². The van der Waals surface area contributed by atoms with Gasteiger partial charge in [-0.3, -0.25) is 4.79 Å². The Morgan fingerprint density at radius 1 is 1.28 bits per heavy atom. The molecule has 2 rings (SSSR count). The minimum atomic E-state index is 0.157. The van der Waals surface area contributed by atoms with Gasteiger partial charge >= 0.3 is 0 Å². The maximum Gasteiger partial charge on any atom is 0.253 e. The molecule has 0 unspecified atom stereocenters. The minimum Gasteiger partial charge on any atom is -0.341 e. The lowest BCUT2D eigenvalue weighted by Gasteiger charge is -2.27. The van der Waals surface area contributed by atoms with Crippen molar-refractivity contribution in [2.75, 3.05) is 13.6 Å². The largest absolute Gasteiger partial charge is 0.341 e. The third-order valence-corrected chi connectivity index (χ3v) is 3.87. The molecular weight excluding hydrogens is 222 g/mol. The zero-order valence-corrected chi connectivity index (χ0v) is 11.5. The van der Waals surface area contributed by atoms with E-state index in [4.69, 9.17) is 0 Å². The van der Waals surface area contributed by atoms with Crippen molar-refractivity contribution in [3.8, 4) is 0 Å². The molecule has 0 radical (unpaired) electrons. The average Bonchev–Trinajstić information content (AvgIpc) is 2.39. The maximum absolute atomic E-state index is 12.3. The van der Waals surface area contributed by atoms with Gasteiger partial charge in [0.2, 0.25) is 0 Å². The van der Waals surface area contributed by atoms with Gasteiger partial charge < -0.3 is 4.90 Å². The van der Waals surface area contributed by atoms with Gasteiger partial charge in [0, 0.05) is 19.2 Å². The van der Waals surface area contributed by atoms with Crippen LogP contribution in [0, 0.1) is 12.8 Å². The molecule has 0 N–H and O–H groups in total. The second-order valence-electron chi connectivity index (χ2n) is 5.56. The van der Waals surface area contributed by atoms with Crippen LogP contribution in [0.1, 0.15) is 48.0 Å². The first-order valence-electron chi connectivity index (χ1n) is 6.99. The van der Waals surface area contributed by atoms with E-state index in [-0.39, 0.29) is 5.91 Å². The Balaban J connectivity index is 1.95. The van der Waals surface area contributed by atoms with Crippen LogP contribution in [0.5, 0.6) is 0 Å². The van der Waals surface area contributed by atoms with Gasteiger partial charge in [-0.15, -0.1) is 0 Å². The molecule has 2 nitrogen and oxygen atoms in total. The van der Waals surface area contributed by atoms with Crippen LogP contribution in [0.2, 0.25) is 0 Å². The molecule has 1 aliphatic rings. The van der Waals surface area contributed by atoms with Gasteiger partial charge in [-0.25, -0.2) is 0 Å². The first kappa shape index (κ1) is 13.1. The highest BCUT2D eigenvalue weighted by Crippen LogP contribution is 2.24. The summed E-state index contributed by atoms with van der Waals surface area (Å²) in [7, 11) is 1.93. The van der Waals surface area contributed by atoms with Gasteiger partial charge in [-0.1, -0.05) is 37.0 Å². The van der Waals surface area contributed by atoms with E-state index in [0.29, 0.717) is 5.92 Å². The Hall–Kier alpha value is -1.31. The molecule has 0 aliphatic heterocycles. The fraction of sp³-hybridized carbons (Fsp3) is 0.562. The van der Waals surface area contributed by atoms with Crippen molar-refractivity contribution in [1.82, 2.24) is 4.90 Å². The predicted octanol–water partition coefficient (Wildman–Crippen LogP) is 3.65. The third-order valence-electron chi connectivity index (χ3n) is 3.87. The molecule has 1 amide bonds. The highest BCUT2D eigenvalue weighted by Gasteiger charge is 2.19. The van der Waals surface area contributed by atoms with Crippen molar-refractivity contribution in [1.29, 1.82) is 0 Å². The van der Waals surface area contributed by atoms with E-state index >= 15 is 0 Å². The number of carbonyl (C=O) groups is 1. The lowest BCUT2D eigenvalue weighted by Crippen LogP contribution is -2.32. The summed E-state index contributed by atoms with van der Waals surface area (Å²) in [4.78, 5) is 14.2. The fourth-order valence-corrected chi connectivity index (χ4v) is 2.84. The molecule has 0 atom stereocenters. The van der Waals surface area contributed by atoms with Gasteiger partial charge in [-0.2, -0.15) is 0 Å². The van der Waals surface area contributed by atoms with Crippen LogP contribution < -0.4 is 0 Å². The van der Waals surface area contributed by atoms with Gasteiger partial charge in [0.05, 0.1) is 0 Å². The Morgan fingerprint density at radius 3 is 2.67 bits per heavy atom. The Labute approximate surface area is 110 Å². The van der Waals surface area contributed by atoms with Gasteiger partial charge in [-0.05, 0) is 37.8 Å². The number of hydrogen-bond acceptors (Lipinski definition) is 1. The van der Waals surface area contributed by atoms with Crippen LogP contribution in [-0.2, 0) is 0 Å². The van der Waals surface area contributed by atoms with Crippen LogP contribution in [-0.4, -0.2) is 24.4 Å². The number of nitrogens with zero attached hydrogens (tertiary/aromatic N) is 1. The average molecular weight is 245 g/mol. The molecule has 1 aromatic rings. The van der Waals surface area contributed by atoms with Crippen molar-refractivity contribution in [3.05, 3.63) is 35.4 Å². The van der Waals surface area contributed by atoms with Crippen LogP contribution in [0.25, 0.3) is 0 Å². The summed E-state index contributed by atoms with van der Waals surface area (Å²) >= 11 is 0. The maximum atomic E-state index is 12.3. The molecule has 0 saturated heterocycles. The van der Waals surface area contributed by atoms with Crippen molar-refractivity contribution in [2.24, 2.45) is 5.92 Å². The lowest BCUT2D eigenvalue weighted by atomic mass is 9.89. The van der Waals surface area contributed by atoms with Gasteiger partial charge in [0.15, 0.2) is 0 Å². The third kappa shape index (κ3) is 3.34. The normalized spacial score (nSPS) is 16.6. The summed E-state index contributed by atoms with van der Waals surface area (Å²) < 4.78 is 0. The van der Waals surface area contributed by atoms with Crippen LogP contribution in [0.3, 0.4) is 0 Å². The van der Waals surface area contributed by atoms with Gasteiger partial charge in [0.25, 0.3) is 5.91 Å². The zero-order chi connectivity index (χ0) is 13.0. The topological polar surface area (TPSA) is 20.3 Å². The Kier molecular flexibility index (Phi) is 4.40. The zero-order valence-electron chi connectivity index (χ0n) is 11.5. The lowest BCUT2D eigenvalue weighted by molar-refractivity contribution is 0.0760. The Bertz CT molecular complexity index is 407. The molecule has 0 aromatic heterocycles. The number of amides is 1. The number of carbonyl (C=O) groups excluding carboxylic acids is 1. The summed E-state index contributed by atoms with van der Waals surface area (Å²) in [5, 5.41) is 0. The van der Waals surface area contributed by atoms with E-state index in [1.807, 2.05) is 43.1 Å². The fourth-order valence-electron chi connectivity index (χ4n) is 2.84. The molecule has 2 heteroatoms. The second-order valence-corrected chi connectivity index (χ2v) is 5.56. The predicted molar refractivity (Wildman–Crippen MR) is 74.7 cm³/mol. The smallest absolute Gasteiger partial charge is 0.253 e. The molecule has 1 aliphatic carbocycles. The number of hydrogen-bond donors (Lipinski definition) is 0.